The van der Waals surface area contributed by atoms with Crippen molar-refractivity contribution in [2.24, 2.45) is 0 Å². The Balaban J connectivity index is 1.57. The van der Waals surface area contributed by atoms with Crippen molar-refractivity contribution in [1.29, 1.82) is 0 Å². The molecule has 31 heavy (non-hydrogen) atoms. The van der Waals surface area contributed by atoms with Crippen molar-refractivity contribution in [3.8, 4) is 16.5 Å². The number of amides is 1. The average molecular weight is 465 g/mol. The van der Waals surface area contributed by atoms with Gasteiger partial charge in [0.1, 0.15) is 5.75 Å². The van der Waals surface area contributed by atoms with E-state index >= 15 is 0 Å². The van der Waals surface area contributed by atoms with Crippen LogP contribution in [0.25, 0.3) is 10.7 Å². The minimum atomic E-state index is -3.54. The predicted molar refractivity (Wildman–Crippen MR) is 119 cm³/mol. The fraction of sp³-hybridized carbons (Fsp3) is 0.350. The molecular formula is C20H24N4O5S2. The first-order valence-electron chi connectivity index (χ1n) is 9.50. The van der Waals surface area contributed by atoms with Gasteiger partial charge in [0, 0.05) is 20.0 Å². The highest BCUT2D eigenvalue weighted by Crippen LogP contribution is 2.29. The van der Waals surface area contributed by atoms with Gasteiger partial charge in [-0.2, -0.15) is 4.98 Å². The number of para-hydroxylation sites is 2. The number of hydrogen-bond acceptors (Lipinski definition) is 8. The van der Waals surface area contributed by atoms with Gasteiger partial charge in [-0.25, -0.2) is 8.42 Å². The van der Waals surface area contributed by atoms with Crippen LogP contribution in [-0.4, -0.2) is 56.3 Å². The molecule has 0 fully saturated rings. The molecule has 3 aromatic rings. The first kappa shape index (κ1) is 22.8. The number of carbonyl (C=O) groups excluding carboxylic acids is 1. The smallest absolute Gasteiger partial charge is 0.246 e. The number of hydrogen-bond donors (Lipinski definition) is 0. The molecule has 0 unspecified atom stereocenters. The maximum Gasteiger partial charge on any atom is 0.246 e. The lowest BCUT2D eigenvalue weighted by molar-refractivity contribution is -0.130. The largest absolute Gasteiger partial charge is 0.495 e. The third-order valence-electron chi connectivity index (χ3n) is 4.51. The molecule has 0 saturated heterocycles. The van der Waals surface area contributed by atoms with Crippen molar-refractivity contribution in [3.05, 3.63) is 47.7 Å². The van der Waals surface area contributed by atoms with Crippen LogP contribution in [0.15, 0.2) is 46.3 Å². The normalized spacial score (nSPS) is 11.3. The Morgan fingerprint density at radius 1 is 1.23 bits per heavy atom. The number of ether oxygens (including phenoxy) is 1. The summed E-state index contributed by atoms with van der Waals surface area (Å²) in [5, 5.41) is 5.86. The van der Waals surface area contributed by atoms with Crippen molar-refractivity contribution < 1.29 is 22.5 Å². The van der Waals surface area contributed by atoms with Crippen LogP contribution in [0.3, 0.4) is 0 Å². The Bertz CT molecular complexity index is 1110. The van der Waals surface area contributed by atoms with Crippen LogP contribution in [0, 0.1) is 0 Å². The molecule has 0 N–H and O–H groups in total. The maximum absolute atomic E-state index is 12.5. The molecule has 0 spiro atoms. The highest BCUT2D eigenvalue weighted by Gasteiger charge is 2.22. The van der Waals surface area contributed by atoms with Crippen LogP contribution in [0.2, 0.25) is 0 Å². The lowest BCUT2D eigenvalue weighted by Gasteiger charge is -2.24. The molecule has 0 atom stereocenters. The molecule has 1 aromatic carbocycles. The standard InChI is InChI=1S/C20H24N4O5S2/c1-23(14-18-21-20(22-29-18)17-10-7-13-30-17)19(25)11-6-12-24(31(3,26)27)15-8-4-5-9-16(15)28-2/h4-5,7-10,13H,6,11-12,14H2,1-3H3. The van der Waals surface area contributed by atoms with E-state index in [2.05, 4.69) is 10.1 Å². The summed E-state index contributed by atoms with van der Waals surface area (Å²) in [6.07, 6.45) is 1.65. The zero-order chi connectivity index (χ0) is 22.4. The van der Waals surface area contributed by atoms with Crippen LogP contribution < -0.4 is 9.04 Å². The summed E-state index contributed by atoms with van der Waals surface area (Å²) in [5.41, 5.74) is 0.445. The number of sulfonamides is 1. The molecule has 2 aromatic heterocycles. The highest BCUT2D eigenvalue weighted by molar-refractivity contribution is 7.92. The lowest BCUT2D eigenvalue weighted by atomic mass is 10.2. The second-order valence-electron chi connectivity index (χ2n) is 6.85. The van der Waals surface area contributed by atoms with Crippen LogP contribution in [-0.2, 0) is 21.4 Å². The molecule has 9 nitrogen and oxygen atoms in total. The molecule has 0 aliphatic rings. The molecule has 2 heterocycles. The van der Waals surface area contributed by atoms with Crippen molar-refractivity contribution in [1.82, 2.24) is 15.0 Å². The zero-order valence-corrected chi connectivity index (χ0v) is 19.1. The number of methoxy groups -OCH3 is 1. The Morgan fingerprint density at radius 3 is 2.68 bits per heavy atom. The zero-order valence-electron chi connectivity index (χ0n) is 17.5. The lowest BCUT2D eigenvalue weighted by Crippen LogP contribution is -2.32. The minimum absolute atomic E-state index is 0.149. The summed E-state index contributed by atoms with van der Waals surface area (Å²) in [4.78, 5) is 19.2. The Hall–Kier alpha value is -2.92. The molecule has 166 valence electrons. The van der Waals surface area contributed by atoms with E-state index in [1.807, 2.05) is 17.5 Å². The first-order valence-corrected chi connectivity index (χ1v) is 12.2. The van der Waals surface area contributed by atoms with Crippen LogP contribution in [0.5, 0.6) is 5.75 Å². The summed E-state index contributed by atoms with van der Waals surface area (Å²) in [5.74, 6) is 1.14. The Morgan fingerprint density at radius 2 is 2.00 bits per heavy atom. The number of benzene rings is 1. The van der Waals surface area contributed by atoms with E-state index in [0.29, 0.717) is 29.6 Å². The van der Waals surface area contributed by atoms with E-state index in [4.69, 9.17) is 9.26 Å². The fourth-order valence-corrected chi connectivity index (χ4v) is 4.60. The van der Waals surface area contributed by atoms with Crippen molar-refractivity contribution >= 4 is 33.0 Å². The molecule has 0 radical (unpaired) electrons. The maximum atomic E-state index is 12.5. The van der Waals surface area contributed by atoms with Crippen LogP contribution in [0.4, 0.5) is 5.69 Å². The summed E-state index contributed by atoms with van der Waals surface area (Å²) >= 11 is 1.50. The monoisotopic (exact) mass is 464 g/mol. The van der Waals surface area contributed by atoms with Gasteiger partial charge in [0.15, 0.2) is 0 Å². The number of nitrogens with zero attached hydrogens (tertiary/aromatic N) is 4. The first-order chi connectivity index (χ1) is 14.8. The molecular weight excluding hydrogens is 440 g/mol. The van der Waals surface area contributed by atoms with Gasteiger partial charge in [-0.15, -0.1) is 11.3 Å². The van der Waals surface area contributed by atoms with E-state index in [1.165, 1.54) is 27.7 Å². The Labute approximate surface area is 185 Å². The molecule has 11 heteroatoms. The van der Waals surface area contributed by atoms with Gasteiger partial charge >= 0.3 is 0 Å². The van der Waals surface area contributed by atoms with Gasteiger partial charge < -0.3 is 14.2 Å². The number of aromatic nitrogens is 2. The number of rotatable bonds is 10. The van der Waals surface area contributed by atoms with Crippen molar-refractivity contribution in [2.75, 3.05) is 31.3 Å². The van der Waals surface area contributed by atoms with Gasteiger partial charge in [-0.1, -0.05) is 23.4 Å². The molecule has 0 aliphatic heterocycles. The van der Waals surface area contributed by atoms with Crippen molar-refractivity contribution in [2.45, 2.75) is 19.4 Å². The third kappa shape index (κ3) is 5.82. The van der Waals surface area contributed by atoms with Crippen LogP contribution in [0.1, 0.15) is 18.7 Å². The second kappa shape index (κ2) is 9.92. The summed E-state index contributed by atoms with van der Waals surface area (Å²) < 4.78 is 36.4. The van der Waals surface area contributed by atoms with Gasteiger partial charge in [0.2, 0.25) is 27.6 Å². The average Bonchev–Trinajstić information content (AvgIpc) is 3.42. The van der Waals surface area contributed by atoms with Gasteiger partial charge in [0.05, 0.1) is 30.5 Å². The minimum Gasteiger partial charge on any atom is -0.495 e. The van der Waals surface area contributed by atoms with Gasteiger partial charge in [0.25, 0.3) is 0 Å². The summed E-state index contributed by atoms with van der Waals surface area (Å²) in [7, 11) is -0.410. The van der Waals surface area contributed by atoms with E-state index < -0.39 is 10.0 Å². The molecule has 0 bridgehead atoms. The van der Waals surface area contributed by atoms with Gasteiger partial charge in [-0.05, 0) is 30.0 Å². The quantitative estimate of drug-likeness (QED) is 0.454. The second-order valence-corrected chi connectivity index (χ2v) is 9.70. The van der Waals surface area contributed by atoms with E-state index in [1.54, 1.807) is 31.3 Å². The fourth-order valence-electron chi connectivity index (χ4n) is 2.98. The number of carbonyl (C=O) groups is 1. The SMILES string of the molecule is COc1ccccc1N(CCCC(=O)N(C)Cc1nc(-c2cccs2)no1)S(C)(=O)=O. The predicted octanol–water partition coefficient (Wildman–Crippen LogP) is 3.01. The van der Waals surface area contributed by atoms with E-state index in [-0.39, 0.29) is 25.4 Å². The molecule has 1 amide bonds. The van der Waals surface area contributed by atoms with E-state index in [0.717, 1.165) is 11.1 Å². The number of thiophene rings is 1. The molecule has 0 saturated carbocycles. The molecule has 0 aliphatic carbocycles. The summed E-state index contributed by atoms with van der Waals surface area (Å²) in [6, 6.07) is 10.7. The van der Waals surface area contributed by atoms with Crippen LogP contribution >= 0.6 is 11.3 Å². The topological polar surface area (TPSA) is 106 Å². The Kier molecular flexibility index (Phi) is 7.29. The van der Waals surface area contributed by atoms with Crippen molar-refractivity contribution in [3.63, 3.8) is 0 Å². The summed E-state index contributed by atoms with van der Waals surface area (Å²) in [6.45, 7) is 0.335. The van der Waals surface area contributed by atoms with Gasteiger partial charge in [-0.3, -0.25) is 9.10 Å². The third-order valence-corrected chi connectivity index (χ3v) is 6.56. The number of anilines is 1. The highest BCUT2D eigenvalue weighted by atomic mass is 32.2. The van der Waals surface area contributed by atoms with E-state index in [9.17, 15) is 13.2 Å². The molecule has 3 rings (SSSR count).